The van der Waals surface area contributed by atoms with Gasteiger partial charge >= 0.3 is 5.97 Å². The number of carbonyl (C=O) groups excluding carboxylic acids is 2. The number of nitrogens with one attached hydrogen (secondary N) is 1. The lowest BCUT2D eigenvalue weighted by Crippen LogP contribution is -2.16. The second-order valence-electron chi connectivity index (χ2n) is 6.33. The highest BCUT2D eigenvalue weighted by molar-refractivity contribution is 7.99. The Morgan fingerprint density at radius 3 is 2.68 bits per heavy atom. The highest BCUT2D eigenvalue weighted by Crippen LogP contribution is 2.29. The molecule has 1 amide bonds. The molecule has 0 aliphatic heterocycles. The predicted molar refractivity (Wildman–Crippen MR) is 119 cm³/mol. The third-order valence-corrected chi connectivity index (χ3v) is 6.35. The number of anilines is 1. The molecule has 9 nitrogen and oxygen atoms in total. The van der Waals surface area contributed by atoms with E-state index in [1.54, 1.807) is 24.8 Å². The van der Waals surface area contributed by atoms with E-state index in [0.717, 1.165) is 22.6 Å². The van der Waals surface area contributed by atoms with Gasteiger partial charge in [-0.3, -0.25) is 4.79 Å². The smallest absolute Gasteiger partial charge is 0.341 e. The third-order valence-electron chi connectivity index (χ3n) is 4.20. The SMILES string of the molecule is CCOC(=O)c1cc(CC)sc1NC(=O)CSc1nnnn1Cc1ccc(OC)cc1. The van der Waals surface area contributed by atoms with Gasteiger partial charge in [0.25, 0.3) is 0 Å². The van der Waals surface area contributed by atoms with Gasteiger partial charge in [-0.25, -0.2) is 9.48 Å². The van der Waals surface area contributed by atoms with E-state index < -0.39 is 5.97 Å². The van der Waals surface area contributed by atoms with E-state index in [1.807, 2.05) is 31.2 Å². The summed E-state index contributed by atoms with van der Waals surface area (Å²) in [6.07, 6.45) is 0.766. The number of nitrogens with zero attached hydrogens (tertiary/aromatic N) is 4. The Kier molecular flexibility index (Phi) is 8.01. The number of thioether (sulfide) groups is 1. The molecule has 1 aromatic carbocycles. The first-order valence-corrected chi connectivity index (χ1v) is 11.5. The molecule has 0 bridgehead atoms. The third kappa shape index (κ3) is 6.05. The number of rotatable bonds is 10. The monoisotopic (exact) mass is 461 g/mol. The van der Waals surface area contributed by atoms with Crippen LogP contribution in [0.2, 0.25) is 0 Å². The van der Waals surface area contributed by atoms with Gasteiger partial charge in [-0.2, -0.15) is 0 Å². The fourth-order valence-electron chi connectivity index (χ4n) is 2.67. The molecule has 1 N–H and O–H groups in total. The number of methoxy groups -OCH3 is 1. The van der Waals surface area contributed by atoms with Gasteiger partial charge < -0.3 is 14.8 Å². The van der Waals surface area contributed by atoms with Crippen LogP contribution in [0.25, 0.3) is 0 Å². The van der Waals surface area contributed by atoms with E-state index in [-0.39, 0.29) is 18.3 Å². The zero-order valence-corrected chi connectivity index (χ0v) is 19.1. The number of thiophene rings is 1. The number of hydrogen-bond acceptors (Lipinski definition) is 9. The highest BCUT2D eigenvalue weighted by atomic mass is 32.2. The molecular formula is C20H23N5O4S2. The molecule has 0 radical (unpaired) electrons. The Morgan fingerprint density at radius 1 is 1.23 bits per heavy atom. The van der Waals surface area contributed by atoms with Crippen LogP contribution in [0.1, 0.15) is 34.6 Å². The molecular weight excluding hydrogens is 438 g/mol. The van der Waals surface area contributed by atoms with Crippen LogP contribution >= 0.6 is 23.1 Å². The maximum atomic E-state index is 12.5. The maximum absolute atomic E-state index is 12.5. The summed E-state index contributed by atoms with van der Waals surface area (Å²) in [6.45, 7) is 4.48. The van der Waals surface area contributed by atoms with E-state index >= 15 is 0 Å². The molecule has 0 saturated carbocycles. The lowest BCUT2D eigenvalue weighted by Gasteiger charge is -2.07. The van der Waals surface area contributed by atoms with Crippen molar-refractivity contribution >= 4 is 40.0 Å². The van der Waals surface area contributed by atoms with Gasteiger partial charge in [0.1, 0.15) is 10.8 Å². The molecule has 11 heteroatoms. The normalized spacial score (nSPS) is 10.7. The first-order chi connectivity index (χ1) is 15.0. The van der Waals surface area contributed by atoms with Crippen molar-refractivity contribution in [3.05, 3.63) is 46.3 Å². The molecule has 2 aromatic heterocycles. The zero-order valence-electron chi connectivity index (χ0n) is 17.5. The molecule has 31 heavy (non-hydrogen) atoms. The van der Waals surface area contributed by atoms with Crippen LogP contribution in [-0.4, -0.2) is 51.6 Å². The summed E-state index contributed by atoms with van der Waals surface area (Å²) < 4.78 is 11.9. The summed E-state index contributed by atoms with van der Waals surface area (Å²) in [5.41, 5.74) is 1.38. The van der Waals surface area contributed by atoms with Crippen LogP contribution in [0.4, 0.5) is 5.00 Å². The Hall–Kier alpha value is -2.92. The summed E-state index contributed by atoms with van der Waals surface area (Å²) in [5, 5.41) is 15.6. The van der Waals surface area contributed by atoms with Crippen molar-refractivity contribution in [2.45, 2.75) is 32.0 Å². The number of carbonyl (C=O) groups is 2. The summed E-state index contributed by atoms with van der Waals surface area (Å²) in [4.78, 5) is 25.7. The second kappa shape index (κ2) is 10.9. The van der Waals surface area contributed by atoms with E-state index in [1.165, 1.54) is 23.1 Å². The molecule has 0 saturated heterocycles. The average molecular weight is 462 g/mol. The van der Waals surface area contributed by atoms with Gasteiger partial charge in [-0.1, -0.05) is 30.8 Å². The van der Waals surface area contributed by atoms with Gasteiger partial charge in [0.2, 0.25) is 11.1 Å². The largest absolute Gasteiger partial charge is 0.497 e. The highest BCUT2D eigenvalue weighted by Gasteiger charge is 2.19. The lowest BCUT2D eigenvalue weighted by atomic mass is 10.2. The fraction of sp³-hybridized carbons (Fsp3) is 0.350. The van der Waals surface area contributed by atoms with E-state index in [4.69, 9.17) is 9.47 Å². The topological polar surface area (TPSA) is 108 Å². The first-order valence-electron chi connectivity index (χ1n) is 9.65. The number of tetrazole rings is 1. The quantitative estimate of drug-likeness (QED) is 0.362. The molecule has 0 unspecified atom stereocenters. The fourth-order valence-corrected chi connectivity index (χ4v) is 4.34. The molecule has 2 heterocycles. The lowest BCUT2D eigenvalue weighted by molar-refractivity contribution is -0.113. The average Bonchev–Trinajstić information content (AvgIpc) is 3.39. The van der Waals surface area contributed by atoms with Gasteiger partial charge in [-0.05, 0) is 47.5 Å². The number of benzene rings is 1. The van der Waals surface area contributed by atoms with Crippen LogP contribution < -0.4 is 10.1 Å². The molecule has 0 fully saturated rings. The van der Waals surface area contributed by atoms with Crippen LogP contribution in [0, 0.1) is 0 Å². The van der Waals surface area contributed by atoms with Crippen molar-refractivity contribution in [1.29, 1.82) is 0 Å². The summed E-state index contributed by atoms with van der Waals surface area (Å²) in [5.74, 6) is 0.183. The maximum Gasteiger partial charge on any atom is 0.341 e. The van der Waals surface area contributed by atoms with Crippen molar-refractivity contribution in [3.8, 4) is 5.75 Å². The number of esters is 1. The number of hydrogen-bond donors (Lipinski definition) is 1. The Labute approximate surface area is 188 Å². The van der Waals surface area contributed by atoms with E-state index in [9.17, 15) is 9.59 Å². The van der Waals surface area contributed by atoms with Gasteiger partial charge in [0, 0.05) is 4.88 Å². The summed E-state index contributed by atoms with van der Waals surface area (Å²) in [7, 11) is 1.62. The predicted octanol–water partition coefficient (Wildman–Crippen LogP) is 3.26. The zero-order chi connectivity index (χ0) is 22.2. The van der Waals surface area contributed by atoms with Gasteiger partial charge in [0.15, 0.2) is 0 Å². The number of aromatic nitrogens is 4. The summed E-state index contributed by atoms with van der Waals surface area (Å²) in [6, 6.07) is 9.36. The van der Waals surface area contributed by atoms with Crippen molar-refractivity contribution in [2.75, 3.05) is 24.8 Å². The van der Waals surface area contributed by atoms with Crippen molar-refractivity contribution in [3.63, 3.8) is 0 Å². The van der Waals surface area contributed by atoms with E-state index in [0.29, 0.717) is 22.3 Å². The van der Waals surface area contributed by atoms with Crippen LogP contribution in [-0.2, 0) is 22.5 Å². The van der Waals surface area contributed by atoms with Crippen LogP contribution in [0.15, 0.2) is 35.5 Å². The van der Waals surface area contributed by atoms with Crippen molar-refractivity contribution in [1.82, 2.24) is 20.2 Å². The molecule has 0 spiro atoms. The molecule has 3 aromatic rings. The number of ether oxygens (including phenoxy) is 2. The van der Waals surface area contributed by atoms with Crippen molar-refractivity contribution in [2.24, 2.45) is 0 Å². The van der Waals surface area contributed by atoms with Crippen LogP contribution in [0.3, 0.4) is 0 Å². The Bertz CT molecular complexity index is 1030. The minimum absolute atomic E-state index is 0.102. The van der Waals surface area contributed by atoms with Gasteiger partial charge in [0.05, 0.1) is 31.6 Å². The van der Waals surface area contributed by atoms with Crippen molar-refractivity contribution < 1.29 is 19.1 Å². The molecule has 0 aliphatic carbocycles. The Balaban J connectivity index is 1.61. The number of amides is 1. The molecule has 3 rings (SSSR count). The standard InChI is InChI=1S/C20H23N5O4S2/c1-4-15-10-16(19(27)29-5-2)18(31-15)21-17(26)12-30-20-22-23-24-25(20)11-13-6-8-14(28-3)9-7-13/h6-10H,4-5,11-12H2,1-3H3,(H,21,26). The second-order valence-corrected chi connectivity index (χ2v) is 8.41. The number of aryl methyl sites for hydroxylation is 1. The Morgan fingerprint density at radius 2 is 2.00 bits per heavy atom. The minimum Gasteiger partial charge on any atom is -0.497 e. The van der Waals surface area contributed by atoms with Crippen LogP contribution in [0.5, 0.6) is 5.75 Å². The molecule has 0 atom stereocenters. The first kappa shape index (κ1) is 22.8. The van der Waals surface area contributed by atoms with Gasteiger partial charge in [-0.15, -0.1) is 16.4 Å². The molecule has 164 valence electrons. The molecule has 0 aliphatic rings. The minimum atomic E-state index is -0.440. The van der Waals surface area contributed by atoms with E-state index in [2.05, 4.69) is 20.8 Å². The summed E-state index contributed by atoms with van der Waals surface area (Å²) >= 11 is 2.60.